The number of hydrogen-bond donors (Lipinski definition) is 1. The molecular weight excluding hydrogens is 347 g/mol. The third-order valence-corrected chi connectivity index (χ3v) is 5.73. The average Bonchev–Trinajstić information content (AvgIpc) is 2.62. The summed E-state index contributed by atoms with van der Waals surface area (Å²) in [4.78, 5) is 9.38. The van der Waals surface area contributed by atoms with Crippen LogP contribution in [0.2, 0.25) is 0 Å². The van der Waals surface area contributed by atoms with Gasteiger partial charge in [0, 0.05) is 0 Å². The van der Waals surface area contributed by atoms with Gasteiger partial charge >= 0.3 is 7.82 Å². The second kappa shape index (κ2) is 19.9. The second-order valence-electron chi connectivity index (χ2n) is 7.44. The minimum absolute atomic E-state index is 0.271. The summed E-state index contributed by atoms with van der Waals surface area (Å²) in [5.74, 6) is 0. The topological polar surface area (TPSA) is 55.8 Å². The number of phosphoric ester groups is 1. The molecule has 0 rings (SSSR count). The summed E-state index contributed by atoms with van der Waals surface area (Å²) in [5, 5.41) is 0. The lowest BCUT2D eigenvalue weighted by molar-refractivity contribution is 0.147. The fraction of sp³-hybridized carbons (Fsp3) is 1.00. The van der Waals surface area contributed by atoms with Crippen molar-refractivity contribution in [2.24, 2.45) is 0 Å². The van der Waals surface area contributed by atoms with Crippen molar-refractivity contribution in [1.82, 2.24) is 0 Å². The Morgan fingerprint density at radius 3 is 1.27 bits per heavy atom. The first kappa shape index (κ1) is 26.1. The van der Waals surface area contributed by atoms with E-state index in [1.165, 1.54) is 89.9 Å². The van der Waals surface area contributed by atoms with Crippen LogP contribution in [0.25, 0.3) is 0 Å². The molecule has 0 aromatic rings. The van der Waals surface area contributed by atoms with Gasteiger partial charge in [-0.15, -0.1) is 0 Å². The lowest BCUT2D eigenvalue weighted by Gasteiger charge is -2.11. The number of unbranched alkanes of at least 4 members (excludes halogenated alkanes) is 15. The standard InChI is InChI=1S/C21H45O4P/c1-3-5-6-7-8-9-10-11-12-13-14-15-16-17-18-19-21-25-26(22,23)24-20-4-2/h3-21H2,1-2H3,(H,22,23). The Balaban J connectivity index is 3.14. The van der Waals surface area contributed by atoms with Gasteiger partial charge in [-0.3, -0.25) is 9.05 Å². The summed E-state index contributed by atoms with van der Waals surface area (Å²) in [6.07, 6.45) is 21.8. The van der Waals surface area contributed by atoms with Gasteiger partial charge in [0.1, 0.15) is 0 Å². The largest absolute Gasteiger partial charge is 0.472 e. The van der Waals surface area contributed by atoms with Crippen molar-refractivity contribution >= 4 is 7.82 Å². The van der Waals surface area contributed by atoms with Gasteiger partial charge in [0.2, 0.25) is 0 Å². The number of phosphoric acid groups is 1. The highest BCUT2D eigenvalue weighted by atomic mass is 31.2. The van der Waals surface area contributed by atoms with Gasteiger partial charge in [0.05, 0.1) is 13.2 Å². The van der Waals surface area contributed by atoms with Crippen LogP contribution in [0, 0.1) is 0 Å². The van der Waals surface area contributed by atoms with Gasteiger partial charge in [-0.1, -0.05) is 110 Å². The Kier molecular flexibility index (Phi) is 19.9. The Bertz CT molecular complexity index is 323. The van der Waals surface area contributed by atoms with Crippen LogP contribution in [-0.4, -0.2) is 18.1 Å². The first-order valence-corrected chi connectivity index (χ1v) is 12.7. The Morgan fingerprint density at radius 1 is 0.538 bits per heavy atom. The van der Waals surface area contributed by atoms with Crippen molar-refractivity contribution in [3.05, 3.63) is 0 Å². The highest BCUT2D eigenvalue weighted by Gasteiger charge is 2.19. The molecule has 4 nitrogen and oxygen atoms in total. The van der Waals surface area contributed by atoms with Crippen LogP contribution in [0.4, 0.5) is 0 Å². The van der Waals surface area contributed by atoms with Crippen LogP contribution in [0.1, 0.15) is 123 Å². The molecule has 1 N–H and O–H groups in total. The number of rotatable bonds is 21. The molecule has 26 heavy (non-hydrogen) atoms. The molecule has 0 spiro atoms. The van der Waals surface area contributed by atoms with Crippen LogP contribution < -0.4 is 0 Å². The van der Waals surface area contributed by atoms with Gasteiger partial charge in [-0.2, -0.15) is 0 Å². The van der Waals surface area contributed by atoms with E-state index in [1.54, 1.807) is 0 Å². The summed E-state index contributed by atoms with van der Waals surface area (Å²) in [5.41, 5.74) is 0. The molecule has 0 saturated heterocycles. The maximum atomic E-state index is 11.4. The Hall–Kier alpha value is 0.110. The fourth-order valence-corrected chi connectivity index (χ4v) is 3.92. The zero-order chi connectivity index (χ0) is 19.3. The highest BCUT2D eigenvalue weighted by Crippen LogP contribution is 2.43. The lowest BCUT2D eigenvalue weighted by Crippen LogP contribution is -1.98. The minimum Gasteiger partial charge on any atom is -0.302 e. The van der Waals surface area contributed by atoms with Crippen LogP contribution in [0.3, 0.4) is 0 Å². The Morgan fingerprint density at radius 2 is 0.885 bits per heavy atom. The van der Waals surface area contributed by atoms with E-state index in [1.807, 2.05) is 6.92 Å². The van der Waals surface area contributed by atoms with Crippen molar-refractivity contribution in [1.29, 1.82) is 0 Å². The van der Waals surface area contributed by atoms with Crippen molar-refractivity contribution in [3.8, 4) is 0 Å². The molecule has 0 heterocycles. The van der Waals surface area contributed by atoms with Gasteiger partial charge in [-0.05, 0) is 12.8 Å². The molecule has 0 amide bonds. The van der Waals surface area contributed by atoms with Gasteiger partial charge in [0.25, 0.3) is 0 Å². The first-order valence-electron chi connectivity index (χ1n) is 11.2. The lowest BCUT2D eigenvalue weighted by atomic mass is 10.0. The van der Waals surface area contributed by atoms with E-state index in [9.17, 15) is 9.46 Å². The molecule has 0 aliphatic heterocycles. The van der Waals surface area contributed by atoms with Crippen molar-refractivity contribution in [2.45, 2.75) is 123 Å². The van der Waals surface area contributed by atoms with E-state index in [4.69, 9.17) is 9.05 Å². The predicted octanol–water partition coefficient (Wildman–Crippen LogP) is 7.79. The zero-order valence-electron chi connectivity index (χ0n) is 17.6. The van der Waals surface area contributed by atoms with E-state index in [2.05, 4.69) is 6.92 Å². The molecule has 0 aromatic heterocycles. The van der Waals surface area contributed by atoms with Crippen molar-refractivity contribution in [3.63, 3.8) is 0 Å². The highest BCUT2D eigenvalue weighted by molar-refractivity contribution is 7.47. The normalized spacial score (nSPS) is 13.8. The maximum Gasteiger partial charge on any atom is 0.472 e. The van der Waals surface area contributed by atoms with Crippen molar-refractivity contribution < 1.29 is 18.5 Å². The molecular formula is C21H45O4P. The van der Waals surface area contributed by atoms with Crippen molar-refractivity contribution in [2.75, 3.05) is 13.2 Å². The van der Waals surface area contributed by atoms with Crippen LogP contribution in [0.5, 0.6) is 0 Å². The van der Waals surface area contributed by atoms with Crippen LogP contribution in [-0.2, 0) is 13.6 Å². The van der Waals surface area contributed by atoms with Crippen LogP contribution in [0.15, 0.2) is 0 Å². The summed E-state index contributed by atoms with van der Waals surface area (Å²) < 4.78 is 21.2. The molecule has 0 fully saturated rings. The molecule has 0 aliphatic rings. The minimum atomic E-state index is -3.80. The summed E-state index contributed by atoms with van der Waals surface area (Å²) in [6, 6.07) is 0. The van der Waals surface area contributed by atoms with Crippen LogP contribution >= 0.6 is 7.82 Å². The molecule has 0 radical (unpaired) electrons. The summed E-state index contributed by atoms with van der Waals surface area (Å²) >= 11 is 0. The van der Waals surface area contributed by atoms with E-state index in [-0.39, 0.29) is 6.61 Å². The molecule has 5 heteroatoms. The van der Waals surface area contributed by atoms with Gasteiger partial charge < -0.3 is 4.89 Å². The average molecular weight is 393 g/mol. The third-order valence-electron chi connectivity index (χ3n) is 4.71. The molecule has 158 valence electrons. The fourth-order valence-electron chi connectivity index (χ4n) is 3.07. The molecule has 0 saturated carbocycles. The quantitative estimate of drug-likeness (QED) is 0.160. The molecule has 0 bridgehead atoms. The summed E-state index contributed by atoms with van der Waals surface area (Å²) in [6.45, 7) is 4.76. The maximum absolute atomic E-state index is 11.4. The molecule has 1 unspecified atom stereocenters. The monoisotopic (exact) mass is 392 g/mol. The van der Waals surface area contributed by atoms with E-state index in [0.29, 0.717) is 13.0 Å². The molecule has 0 aliphatic carbocycles. The van der Waals surface area contributed by atoms with Gasteiger partial charge in [0.15, 0.2) is 0 Å². The molecule has 0 aromatic carbocycles. The predicted molar refractivity (Wildman–Crippen MR) is 112 cm³/mol. The second-order valence-corrected chi connectivity index (χ2v) is 8.89. The van der Waals surface area contributed by atoms with E-state index < -0.39 is 7.82 Å². The first-order chi connectivity index (χ1) is 12.6. The Labute approximate surface area is 163 Å². The molecule has 1 atom stereocenters. The van der Waals surface area contributed by atoms with Gasteiger partial charge in [-0.25, -0.2) is 4.57 Å². The third kappa shape index (κ3) is 20.4. The van der Waals surface area contributed by atoms with E-state index in [0.717, 1.165) is 12.8 Å². The smallest absolute Gasteiger partial charge is 0.302 e. The zero-order valence-corrected chi connectivity index (χ0v) is 18.4. The summed E-state index contributed by atoms with van der Waals surface area (Å²) in [7, 11) is -3.80. The SMILES string of the molecule is CCCCCCCCCCCCCCCCCCOP(=O)(O)OCCC. The van der Waals surface area contributed by atoms with E-state index >= 15 is 0 Å². The number of hydrogen-bond acceptors (Lipinski definition) is 3.